The molecular weight excluding hydrogens is 164 g/mol. The second kappa shape index (κ2) is 4.62. The van der Waals surface area contributed by atoms with E-state index in [1.54, 1.807) is 24.3 Å². The zero-order valence-electron chi connectivity index (χ0n) is 7.49. The molecule has 3 heteroatoms. The van der Waals surface area contributed by atoms with Crippen molar-refractivity contribution in [3.63, 3.8) is 0 Å². The first-order valence-corrected chi connectivity index (χ1v) is 4.33. The predicted octanol–water partition coefficient (Wildman–Crippen LogP) is 1.19. The maximum Gasteiger partial charge on any atom is 0.162 e. The molecule has 1 aromatic carbocycles. The highest BCUT2D eigenvalue weighted by Crippen LogP contribution is 2.08. The van der Waals surface area contributed by atoms with Gasteiger partial charge in [0.05, 0.1) is 0 Å². The number of carbonyl (C=O) groups excluding carboxylic acids is 1. The standard InChI is InChI=1S/C10H14N2O/c11-7-1-2-10(13)8-3-5-9(12)6-4-8/h3-6H,1-2,7,11-12H2. The van der Waals surface area contributed by atoms with Gasteiger partial charge in [-0.3, -0.25) is 4.79 Å². The SMILES string of the molecule is NCCCC(=O)c1ccc(N)cc1. The topological polar surface area (TPSA) is 69.1 Å². The summed E-state index contributed by atoms with van der Waals surface area (Å²) in [6.07, 6.45) is 1.25. The Kier molecular flexibility index (Phi) is 3.46. The third kappa shape index (κ3) is 2.87. The van der Waals surface area contributed by atoms with E-state index in [0.29, 0.717) is 24.2 Å². The van der Waals surface area contributed by atoms with Crippen LogP contribution in [0.4, 0.5) is 5.69 Å². The molecule has 1 aromatic rings. The summed E-state index contributed by atoms with van der Waals surface area (Å²) in [4.78, 5) is 11.4. The maximum atomic E-state index is 11.4. The summed E-state index contributed by atoms with van der Waals surface area (Å²) in [5.41, 5.74) is 12.2. The molecule has 0 bridgehead atoms. The largest absolute Gasteiger partial charge is 0.399 e. The molecule has 0 fully saturated rings. The third-order valence-electron chi connectivity index (χ3n) is 1.84. The smallest absolute Gasteiger partial charge is 0.162 e. The lowest BCUT2D eigenvalue weighted by Crippen LogP contribution is -2.04. The van der Waals surface area contributed by atoms with Crippen LogP contribution in [-0.4, -0.2) is 12.3 Å². The number of ketones is 1. The van der Waals surface area contributed by atoms with Gasteiger partial charge < -0.3 is 11.5 Å². The molecule has 1 rings (SSSR count). The summed E-state index contributed by atoms with van der Waals surface area (Å²) < 4.78 is 0. The van der Waals surface area contributed by atoms with E-state index in [0.717, 1.165) is 6.42 Å². The van der Waals surface area contributed by atoms with Gasteiger partial charge in [-0.1, -0.05) is 0 Å². The first-order valence-electron chi connectivity index (χ1n) is 4.33. The number of hydrogen-bond donors (Lipinski definition) is 2. The monoisotopic (exact) mass is 178 g/mol. The number of nitrogens with two attached hydrogens (primary N) is 2. The summed E-state index contributed by atoms with van der Waals surface area (Å²) in [7, 11) is 0. The number of hydrogen-bond acceptors (Lipinski definition) is 3. The van der Waals surface area contributed by atoms with Crippen LogP contribution in [0.25, 0.3) is 0 Å². The van der Waals surface area contributed by atoms with Gasteiger partial charge in [0, 0.05) is 17.7 Å². The molecule has 3 nitrogen and oxygen atoms in total. The number of rotatable bonds is 4. The molecule has 0 aliphatic carbocycles. The van der Waals surface area contributed by atoms with Crippen LogP contribution < -0.4 is 11.5 Å². The van der Waals surface area contributed by atoms with Crippen molar-refractivity contribution < 1.29 is 4.79 Å². The Balaban J connectivity index is 2.61. The summed E-state index contributed by atoms with van der Waals surface area (Å²) >= 11 is 0. The first kappa shape index (κ1) is 9.74. The number of anilines is 1. The van der Waals surface area contributed by atoms with E-state index in [-0.39, 0.29) is 5.78 Å². The van der Waals surface area contributed by atoms with E-state index >= 15 is 0 Å². The van der Waals surface area contributed by atoms with Crippen molar-refractivity contribution in [2.24, 2.45) is 5.73 Å². The highest BCUT2D eigenvalue weighted by molar-refractivity contribution is 5.96. The molecule has 0 saturated carbocycles. The molecule has 70 valence electrons. The lowest BCUT2D eigenvalue weighted by molar-refractivity contribution is 0.0981. The minimum absolute atomic E-state index is 0.130. The molecule has 0 radical (unpaired) electrons. The van der Waals surface area contributed by atoms with Gasteiger partial charge >= 0.3 is 0 Å². The van der Waals surface area contributed by atoms with Gasteiger partial charge in [-0.05, 0) is 37.2 Å². The number of nitrogen functional groups attached to an aromatic ring is 1. The van der Waals surface area contributed by atoms with Gasteiger partial charge in [0.1, 0.15) is 0 Å². The molecule has 13 heavy (non-hydrogen) atoms. The fourth-order valence-corrected chi connectivity index (χ4v) is 1.08. The Bertz CT molecular complexity index is 279. The van der Waals surface area contributed by atoms with Crippen molar-refractivity contribution in [3.05, 3.63) is 29.8 Å². The lowest BCUT2D eigenvalue weighted by Gasteiger charge is -1.99. The second-order valence-corrected chi connectivity index (χ2v) is 2.94. The van der Waals surface area contributed by atoms with Gasteiger partial charge in [0.2, 0.25) is 0 Å². The van der Waals surface area contributed by atoms with Crippen molar-refractivity contribution in [2.75, 3.05) is 12.3 Å². The fraction of sp³-hybridized carbons (Fsp3) is 0.300. The number of benzene rings is 1. The highest BCUT2D eigenvalue weighted by atomic mass is 16.1. The van der Waals surface area contributed by atoms with Crippen LogP contribution in [0.2, 0.25) is 0 Å². The van der Waals surface area contributed by atoms with E-state index in [4.69, 9.17) is 11.5 Å². The molecule has 0 amide bonds. The van der Waals surface area contributed by atoms with Crippen LogP contribution in [0.1, 0.15) is 23.2 Å². The average Bonchev–Trinajstić information content (AvgIpc) is 2.15. The van der Waals surface area contributed by atoms with Crippen LogP contribution in [-0.2, 0) is 0 Å². The molecule has 0 aromatic heterocycles. The quantitative estimate of drug-likeness (QED) is 0.537. The van der Waals surface area contributed by atoms with E-state index in [9.17, 15) is 4.79 Å². The summed E-state index contributed by atoms with van der Waals surface area (Å²) in [6, 6.07) is 6.95. The normalized spacial score (nSPS) is 9.92. The Morgan fingerprint density at radius 1 is 1.23 bits per heavy atom. The van der Waals surface area contributed by atoms with E-state index in [1.807, 2.05) is 0 Å². The van der Waals surface area contributed by atoms with Gasteiger partial charge in [0.15, 0.2) is 5.78 Å². The minimum Gasteiger partial charge on any atom is -0.399 e. The Labute approximate surface area is 77.7 Å². The van der Waals surface area contributed by atoms with Gasteiger partial charge in [-0.15, -0.1) is 0 Å². The minimum atomic E-state index is 0.130. The highest BCUT2D eigenvalue weighted by Gasteiger charge is 2.03. The maximum absolute atomic E-state index is 11.4. The second-order valence-electron chi connectivity index (χ2n) is 2.94. The zero-order valence-corrected chi connectivity index (χ0v) is 7.49. The molecule has 4 N–H and O–H groups in total. The zero-order chi connectivity index (χ0) is 9.68. The number of carbonyl (C=O) groups is 1. The van der Waals surface area contributed by atoms with Gasteiger partial charge in [-0.2, -0.15) is 0 Å². The Morgan fingerprint density at radius 3 is 2.38 bits per heavy atom. The summed E-state index contributed by atoms with van der Waals surface area (Å²) in [5.74, 6) is 0.130. The molecular formula is C10H14N2O. The molecule has 0 heterocycles. The van der Waals surface area contributed by atoms with Crippen LogP contribution in [0.5, 0.6) is 0 Å². The first-order chi connectivity index (χ1) is 6.24. The molecule has 0 saturated heterocycles. The molecule has 0 atom stereocenters. The van der Waals surface area contributed by atoms with E-state index < -0.39 is 0 Å². The number of Topliss-reactive ketones (excluding diaryl/α,β-unsaturated/α-hetero) is 1. The summed E-state index contributed by atoms with van der Waals surface area (Å²) in [6.45, 7) is 0.556. The Hall–Kier alpha value is -1.35. The van der Waals surface area contributed by atoms with E-state index in [1.165, 1.54) is 0 Å². The lowest BCUT2D eigenvalue weighted by atomic mass is 10.1. The van der Waals surface area contributed by atoms with Crippen molar-refractivity contribution in [3.8, 4) is 0 Å². The average molecular weight is 178 g/mol. The van der Waals surface area contributed by atoms with Crippen molar-refractivity contribution >= 4 is 11.5 Å². The van der Waals surface area contributed by atoms with Crippen LogP contribution in [0, 0.1) is 0 Å². The molecule has 0 unspecified atom stereocenters. The van der Waals surface area contributed by atoms with Crippen molar-refractivity contribution in [2.45, 2.75) is 12.8 Å². The van der Waals surface area contributed by atoms with Crippen LogP contribution >= 0.6 is 0 Å². The van der Waals surface area contributed by atoms with Gasteiger partial charge in [0.25, 0.3) is 0 Å². The third-order valence-corrected chi connectivity index (χ3v) is 1.84. The van der Waals surface area contributed by atoms with Crippen molar-refractivity contribution in [1.29, 1.82) is 0 Å². The predicted molar refractivity (Wildman–Crippen MR) is 53.5 cm³/mol. The fourth-order valence-electron chi connectivity index (χ4n) is 1.08. The Morgan fingerprint density at radius 2 is 1.85 bits per heavy atom. The molecule has 0 aliphatic heterocycles. The summed E-state index contributed by atoms with van der Waals surface area (Å²) in [5, 5.41) is 0. The van der Waals surface area contributed by atoms with Gasteiger partial charge in [-0.25, -0.2) is 0 Å². The molecule has 0 spiro atoms. The van der Waals surface area contributed by atoms with E-state index in [2.05, 4.69) is 0 Å². The molecule has 0 aliphatic rings. The van der Waals surface area contributed by atoms with Crippen LogP contribution in [0.3, 0.4) is 0 Å². The van der Waals surface area contributed by atoms with Crippen molar-refractivity contribution in [1.82, 2.24) is 0 Å². The van der Waals surface area contributed by atoms with Crippen LogP contribution in [0.15, 0.2) is 24.3 Å².